The second-order valence-electron chi connectivity index (χ2n) is 5.52. The average molecular weight is 349 g/mol. The summed E-state index contributed by atoms with van der Waals surface area (Å²) in [7, 11) is 3.05. The fourth-order valence-electron chi connectivity index (χ4n) is 2.81. The van der Waals surface area contributed by atoms with E-state index >= 15 is 0 Å². The van der Waals surface area contributed by atoms with Gasteiger partial charge in [0.15, 0.2) is 11.2 Å². The van der Waals surface area contributed by atoms with Gasteiger partial charge in [0.05, 0.1) is 19.7 Å². The van der Waals surface area contributed by atoms with Crippen molar-refractivity contribution in [1.82, 2.24) is 18.7 Å². The maximum atomic E-state index is 12.8. The van der Waals surface area contributed by atoms with Crippen LogP contribution in [0.4, 0.5) is 0 Å². The summed E-state index contributed by atoms with van der Waals surface area (Å²) in [5.74, 6) is 3.30. The molecule has 0 N–H and O–H groups in total. The largest absolute Gasteiger partial charge is 0.497 e. The van der Waals surface area contributed by atoms with Crippen molar-refractivity contribution in [2.45, 2.75) is 13.1 Å². The number of imidazole rings is 1. The number of nitrogens with zero attached hydrogens (tertiary/aromatic N) is 5. The molecule has 0 atom stereocenters. The van der Waals surface area contributed by atoms with Gasteiger partial charge in [-0.15, -0.1) is 6.42 Å². The standard InChI is InChI=1S/C18H15N5O3/c1-4-9-23-17(24)14-16(21(2)18(23)25)20-15(22(14)10-8-19)12-6-5-7-13(11-12)26-3/h1,5-7,11H,9-10H2,2-3H3. The monoisotopic (exact) mass is 349 g/mol. The molecule has 0 aliphatic heterocycles. The van der Waals surface area contributed by atoms with Crippen molar-refractivity contribution in [2.24, 2.45) is 7.05 Å². The van der Waals surface area contributed by atoms with Gasteiger partial charge >= 0.3 is 5.69 Å². The molecule has 0 aliphatic rings. The molecule has 0 fully saturated rings. The summed E-state index contributed by atoms with van der Waals surface area (Å²) in [5.41, 5.74) is -0.119. The Balaban J connectivity index is 2.44. The lowest BCUT2D eigenvalue weighted by molar-refractivity contribution is 0.415. The fraction of sp³-hybridized carbons (Fsp3) is 0.222. The lowest BCUT2D eigenvalue weighted by Gasteiger charge is -2.07. The topological polar surface area (TPSA) is 94.8 Å². The van der Waals surface area contributed by atoms with Crippen LogP contribution in [-0.4, -0.2) is 25.8 Å². The molecule has 0 unspecified atom stereocenters. The molecule has 0 radical (unpaired) electrons. The van der Waals surface area contributed by atoms with Gasteiger partial charge < -0.3 is 9.30 Å². The molecule has 2 heterocycles. The van der Waals surface area contributed by atoms with E-state index in [0.29, 0.717) is 17.1 Å². The van der Waals surface area contributed by atoms with Crippen LogP contribution in [0.3, 0.4) is 0 Å². The summed E-state index contributed by atoms with van der Waals surface area (Å²) in [6.45, 7) is -0.264. The summed E-state index contributed by atoms with van der Waals surface area (Å²) in [4.78, 5) is 29.7. The van der Waals surface area contributed by atoms with E-state index in [9.17, 15) is 14.9 Å². The van der Waals surface area contributed by atoms with Crippen molar-refractivity contribution >= 4 is 11.2 Å². The molecule has 130 valence electrons. The fourth-order valence-corrected chi connectivity index (χ4v) is 2.81. The Morgan fingerprint density at radius 2 is 2.04 bits per heavy atom. The van der Waals surface area contributed by atoms with Crippen LogP contribution < -0.4 is 16.0 Å². The number of aromatic nitrogens is 4. The van der Waals surface area contributed by atoms with Crippen LogP contribution in [0.5, 0.6) is 5.75 Å². The quantitative estimate of drug-likeness (QED) is 0.647. The number of fused-ring (bicyclic) bond motifs is 1. The number of benzene rings is 1. The molecule has 1 aromatic carbocycles. The third-order valence-corrected chi connectivity index (χ3v) is 4.04. The van der Waals surface area contributed by atoms with E-state index in [1.807, 2.05) is 6.07 Å². The molecule has 8 heteroatoms. The number of methoxy groups -OCH3 is 1. The van der Waals surface area contributed by atoms with Crippen molar-refractivity contribution in [3.63, 3.8) is 0 Å². The van der Waals surface area contributed by atoms with E-state index in [0.717, 1.165) is 4.57 Å². The van der Waals surface area contributed by atoms with Gasteiger partial charge in [-0.2, -0.15) is 5.26 Å². The zero-order chi connectivity index (χ0) is 18.8. The Kier molecular flexibility index (Phi) is 4.34. The van der Waals surface area contributed by atoms with E-state index in [-0.39, 0.29) is 24.3 Å². The number of aryl methyl sites for hydroxylation is 1. The van der Waals surface area contributed by atoms with Crippen LogP contribution in [0.1, 0.15) is 0 Å². The molecule has 0 saturated carbocycles. The van der Waals surface area contributed by atoms with Gasteiger partial charge in [-0.25, -0.2) is 14.3 Å². The van der Waals surface area contributed by atoms with Crippen molar-refractivity contribution in [2.75, 3.05) is 7.11 Å². The summed E-state index contributed by atoms with van der Waals surface area (Å²) < 4.78 is 8.91. The van der Waals surface area contributed by atoms with Gasteiger partial charge in [0, 0.05) is 12.6 Å². The molecular formula is C18H15N5O3. The molecule has 8 nitrogen and oxygen atoms in total. The third-order valence-electron chi connectivity index (χ3n) is 4.04. The number of hydrogen-bond acceptors (Lipinski definition) is 5. The zero-order valence-electron chi connectivity index (χ0n) is 14.3. The molecule has 0 amide bonds. The predicted molar refractivity (Wildman–Crippen MR) is 95.7 cm³/mol. The summed E-state index contributed by atoms with van der Waals surface area (Å²) >= 11 is 0. The highest BCUT2D eigenvalue weighted by atomic mass is 16.5. The van der Waals surface area contributed by atoms with Crippen LogP contribution in [-0.2, 0) is 20.1 Å². The lowest BCUT2D eigenvalue weighted by atomic mass is 10.2. The number of terminal acetylenes is 1. The van der Waals surface area contributed by atoms with Gasteiger partial charge in [0.25, 0.3) is 5.56 Å². The van der Waals surface area contributed by atoms with Gasteiger partial charge in [0.1, 0.15) is 18.1 Å². The summed E-state index contributed by atoms with van der Waals surface area (Å²) in [5, 5.41) is 9.22. The van der Waals surface area contributed by atoms with Gasteiger partial charge in [-0.05, 0) is 12.1 Å². The average Bonchev–Trinajstić information content (AvgIpc) is 3.03. The van der Waals surface area contributed by atoms with Crippen LogP contribution in [0.2, 0.25) is 0 Å². The van der Waals surface area contributed by atoms with Gasteiger partial charge in [0.2, 0.25) is 0 Å². The lowest BCUT2D eigenvalue weighted by Crippen LogP contribution is -2.39. The highest BCUT2D eigenvalue weighted by Gasteiger charge is 2.21. The SMILES string of the molecule is C#CCn1c(=O)c2c(nc(-c3cccc(OC)c3)n2CC#N)n(C)c1=O. The van der Waals surface area contributed by atoms with E-state index in [1.54, 1.807) is 31.4 Å². The first-order valence-electron chi connectivity index (χ1n) is 7.68. The van der Waals surface area contributed by atoms with Crippen LogP contribution in [0.25, 0.3) is 22.6 Å². The molecule has 0 aliphatic carbocycles. The van der Waals surface area contributed by atoms with Crippen molar-refractivity contribution in [3.8, 4) is 35.6 Å². The summed E-state index contributed by atoms with van der Waals surface area (Å²) in [6.07, 6.45) is 5.27. The Bertz CT molecular complexity index is 1200. The molecule has 3 aromatic rings. The Morgan fingerprint density at radius 3 is 2.69 bits per heavy atom. The Labute approximate surface area is 148 Å². The molecular weight excluding hydrogens is 334 g/mol. The highest BCUT2D eigenvalue weighted by Crippen LogP contribution is 2.25. The second kappa shape index (κ2) is 6.61. The molecule has 2 aromatic heterocycles. The van der Waals surface area contributed by atoms with Crippen LogP contribution in [0.15, 0.2) is 33.9 Å². The van der Waals surface area contributed by atoms with Crippen LogP contribution >= 0.6 is 0 Å². The predicted octanol–water partition coefficient (Wildman–Crippen LogP) is 0.729. The normalized spacial score (nSPS) is 10.5. The number of ether oxygens (including phenoxy) is 1. The van der Waals surface area contributed by atoms with Crippen molar-refractivity contribution in [1.29, 1.82) is 5.26 Å². The zero-order valence-corrected chi connectivity index (χ0v) is 14.3. The minimum atomic E-state index is -0.571. The number of hydrogen-bond donors (Lipinski definition) is 0. The molecule has 0 spiro atoms. The van der Waals surface area contributed by atoms with Gasteiger partial charge in [-0.1, -0.05) is 18.1 Å². The number of rotatable bonds is 4. The maximum absolute atomic E-state index is 12.8. The van der Waals surface area contributed by atoms with E-state index in [1.165, 1.54) is 16.2 Å². The van der Waals surface area contributed by atoms with Gasteiger partial charge in [-0.3, -0.25) is 9.36 Å². The first kappa shape index (κ1) is 17.1. The third kappa shape index (κ3) is 2.54. The smallest absolute Gasteiger partial charge is 0.333 e. The maximum Gasteiger partial charge on any atom is 0.333 e. The molecule has 0 bridgehead atoms. The first-order valence-corrected chi connectivity index (χ1v) is 7.68. The minimum absolute atomic E-state index is 0.105. The first-order chi connectivity index (χ1) is 12.5. The Hall–Kier alpha value is -3.78. The van der Waals surface area contributed by atoms with Crippen LogP contribution in [0, 0.1) is 23.7 Å². The van der Waals surface area contributed by atoms with Crippen molar-refractivity contribution in [3.05, 3.63) is 45.1 Å². The number of nitriles is 1. The molecule has 26 heavy (non-hydrogen) atoms. The van der Waals surface area contributed by atoms with E-state index in [2.05, 4.69) is 10.9 Å². The van der Waals surface area contributed by atoms with E-state index in [4.69, 9.17) is 11.2 Å². The summed E-state index contributed by atoms with van der Waals surface area (Å²) in [6, 6.07) is 9.11. The molecule has 3 rings (SSSR count). The minimum Gasteiger partial charge on any atom is -0.497 e. The van der Waals surface area contributed by atoms with E-state index < -0.39 is 11.2 Å². The second-order valence-corrected chi connectivity index (χ2v) is 5.52. The highest BCUT2D eigenvalue weighted by molar-refractivity contribution is 5.77. The molecule has 0 saturated heterocycles. The Morgan fingerprint density at radius 1 is 1.27 bits per heavy atom. The van der Waals surface area contributed by atoms with Crippen molar-refractivity contribution < 1.29 is 4.74 Å².